The Kier molecular flexibility index (Phi) is 2.87. The smallest absolute Gasteiger partial charge is 0.190 e. The van der Waals surface area contributed by atoms with E-state index in [2.05, 4.69) is 6.92 Å². The minimum absolute atomic E-state index is 0.134. The molecule has 0 radical (unpaired) electrons. The van der Waals surface area contributed by atoms with E-state index >= 15 is 0 Å². The van der Waals surface area contributed by atoms with Crippen molar-refractivity contribution in [2.24, 2.45) is 5.92 Å². The molecular weight excluding hydrogens is 180 g/mol. The van der Waals surface area contributed by atoms with E-state index in [0.29, 0.717) is 12.5 Å². The first kappa shape index (κ1) is 9.71. The summed E-state index contributed by atoms with van der Waals surface area (Å²) in [7, 11) is 0. The summed E-state index contributed by atoms with van der Waals surface area (Å²) in [5.41, 5.74) is 0.801. The normalized spacial score (nSPS) is 32.2. The van der Waals surface area contributed by atoms with Gasteiger partial charge in [0.25, 0.3) is 0 Å². The van der Waals surface area contributed by atoms with Crippen LogP contribution in [-0.2, 0) is 14.3 Å². The van der Waals surface area contributed by atoms with Gasteiger partial charge in [-0.2, -0.15) is 0 Å². The first-order chi connectivity index (χ1) is 6.79. The second-order valence-corrected chi connectivity index (χ2v) is 4.04. The van der Waals surface area contributed by atoms with Gasteiger partial charge in [0.05, 0.1) is 12.9 Å². The third-order valence-corrected chi connectivity index (χ3v) is 2.90. The number of Topliss-reactive ketones (excluding diaryl/α,β-unsaturated/α-hetero) is 1. The fourth-order valence-electron chi connectivity index (χ4n) is 1.96. The summed E-state index contributed by atoms with van der Waals surface area (Å²) in [6, 6.07) is 0. The molecule has 3 heteroatoms. The van der Waals surface area contributed by atoms with Crippen molar-refractivity contribution < 1.29 is 14.3 Å². The minimum Gasteiger partial charge on any atom is -0.501 e. The molecule has 0 aromatic rings. The highest BCUT2D eigenvalue weighted by atomic mass is 16.5. The molecule has 2 rings (SSSR count). The fraction of sp³-hybridized carbons (Fsp3) is 0.727. The SMILES string of the molecule is CC1CCOC1C(=O)C1=COCCC1. The van der Waals surface area contributed by atoms with Crippen LogP contribution in [0.4, 0.5) is 0 Å². The number of hydrogen-bond acceptors (Lipinski definition) is 3. The lowest BCUT2D eigenvalue weighted by molar-refractivity contribution is -0.125. The van der Waals surface area contributed by atoms with Crippen LogP contribution in [0.15, 0.2) is 11.8 Å². The summed E-state index contributed by atoms with van der Waals surface area (Å²) in [6.07, 6.45) is 4.16. The molecule has 2 aliphatic heterocycles. The summed E-state index contributed by atoms with van der Waals surface area (Å²) < 4.78 is 10.6. The molecule has 3 nitrogen and oxygen atoms in total. The first-order valence-corrected chi connectivity index (χ1v) is 5.25. The number of carbonyl (C=O) groups excluding carboxylic acids is 1. The predicted molar refractivity (Wildman–Crippen MR) is 51.8 cm³/mol. The Balaban J connectivity index is 2.03. The van der Waals surface area contributed by atoms with Gasteiger partial charge in [0.2, 0.25) is 0 Å². The summed E-state index contributed by atoms with van der Waals surface area (Å²) in [5, 5.41) is 0. The summed E-state index contributed by atoms with van der Waals surface area (Å²) >= 11 is 0. The first-order valence-electron chi connectivity index (χ1n) is 5.25. The molecule has 14 heavy (non-hydrogen) atoms. The fourth-order valence-corrected chi connectivity index (χ4v) is 1.96. The quantitative estimate of drug-likeness (QED) is 0.674. The van der Waals surface area contributed by atoms with Crippen molar-refractivity contribution in [1.82, 2.24) is 0 Å². The van der Waals surface area contributed by atoms with Crippen LogP contribution >= 0.6 is 0 Å². The lowest BCUT2D eigenvalue weighted by Crippen LogP contribution is -2.27. The van der Waals surface area contributed by atoms with Crippen molar-refractivity contribution in [2.75, 3.05) is 13.2 Å². The lowest BCUT2D eigenvalue weighted by atomic mass is 9.94. The maximum atomic E-state index is 11.9. The molecule has 0 bridgehead atoms. The van der Waals surface area contributed by atoms with Gasteiger partial charge in [-0.15, -0.1) is 0 Å². The number of ether oxygens (including phenoxy) is 2. The standard InChI is InChI=1S/C11H16O3/c1-8-4-6-14-11(8)10(12)9-3-2-5-13-7-9/h7-8,11H,2-6H2,1H3. The van der Waals surface area contributed by atoms with Gasteiger partial charge >= 0.3 is 0 Å². The molecule has 0 aromatic carbocycles. The topological polar surface area (TPSA) is 35.5 Å². The molecule has 2 atom stereocenters. The minimum atomic E-state index is -0.219. The third-order valence-electron chi connectivity index (χ3n) is 2.90. The molecule has 1 saturated heterocycles. The van der Waals surface area contributed by atoms with E-state index in [0.717, 1.165) is 31.4 Å². The zero-order valence-electron chi connectivity index (χ0n) is 8.49. The Bertz CT molecular complexity index is 257. The van der Waals surface area contributed by atoms with Gasteiger partial charge in [-0.05, 0) is 25.2 Å². The maximum Gasteiger partial charge on any atom is 0.190 e. The van der Waals surface area contributed by atoms with E-state index in [1.165, 1.54) is 0 Å². The summed E-state index contributed by atoms with van der Waals surface area (Å²) in [5.74, 6) is 0.486. The molecular formula is C11H16O3. The van der Waals surface area contributed by atoms with Crippen LogP contribution in [0.25, 0.3) is 0 Å². The van der Waals surface area contributed by atoms with Crippen LogP contribution in [0.3, 0.4) is 0 Å². The van der Waals surface area contributed by atoms with Gasteiger partial charge in [0.15, 0.2) is 5.78 Å². The van der Waals surface area contributed by atoms with Crippen molar-refractivity contribution >= 4 is 5.78 Å². The van der Waals surface area contributed by atoms with Crippen molar-refractivity contribution in [3.05, 3.63) is 11.8 Å². The predicted octanol–water partition coefficient (Wildman–Crippen LogP) is 1.67. The zero-order valence-corrected chi connectivity index (χ0v) is 8.49. The number of ketones is 1. The molecule has 0 spiro atoms. The molecule has 2 aliphatic rings. The van der Waals surface area contributed by atoms with Crippen molar-refractivity contribution in [1.29, 1.82) is 0 Å². The van der Waals surface area contributed by atoms with Crippen molar-refractivity contribution in [3.63, 3.8) is 0 Å². The van der Waals surface area contributed by atoms with Gasteiger partial charge in [-0.3, -0.25) is 4.79 Å². The number of hydrogen-bond donors (Lipinski definition) is 0. The lowest BCUT2D eigenvalue weighted by Gasteiger charge is -2.18. The number of carbonyl (C=O) groups is 1. The van der Waals surface area contributed by atoms with Gasteiger partial charge in [-0.1, -0.05) is 6.92 Å². The summed E-state index contributed by atoms with van der Waals surface area (Å²) in [4.78, 5) is 11.9. The molecule has 0 aromatic heterocycles. The van der Waals surface area contributed by atoms with Crippen LogP contribution in [-0.4, -0.2) is 25.1 Å². The van der Waals surface area contributed by atoms with E-state index in [1.54, 1.807) is 6.26 Å². The summed E-state index contributed by atoms with van der Waals surface area (Å²) in [6.45, 7) is 3.52. The molecule has 78 valence electrons. The van der Waals surface area contributed by atoms with Crippen LogP contribution in [0, 0.1) is 5.92 Å². The Morgan fingerprint density at radius 2 is 2.36 bits per heavy atom. The van der Waals surface area contributed by atoms with Crippen LogP contribution in [0.2, 0.25) is 0 Å². The van der Waals surface area contributed by atoms with E-state index in [1.807, 2.05) is 0 Å². The molecule has 0 N–H and O–H groups in total. The van der Waals surface area contributed by atoms with E-state index in [-0.39, 0.29) is 11.9 Å². The largest absolute Gasteiger partial charge is 0.501 e. The molecule has 0 saturated carbocycles. The second-order valence-electron chi connectivity index (χ2n) is 4.04. The van der Waals surface area contributed by atoms with Crippen molar-refractivity contribution in [3.8, 4) is 0 Å². The Labute approximate surface area is 84.1 Å². The van der Waals surface area contributed by atoms with Gasteiger partial charge in [-0.25, -0.2) is 0 Å². The second kappa shape index (κ2) is 4.13. The van der Waals surface area contributed by atoms with Crippen LogP contribution in [0.1, 0.15) is 26.2 Å². The molecule has 2 heterocycles. The Morgan fingerprint density at radius 3 is 2.93 bits per heavy atom. The van der Waals surface area contributed by atoms with Gasteiger partial charge < -0.3 is 9.47 Å². The average Bonchev–Trinajstić information content (AvgIpc) is 2.65. The third kappa shape index (κ3) is 1.82. The maximum absolute atomic E-state index is 11.9. The highest BCUT2D eigenvalue weighted by Crippen LogP contribution is 2.25. The zero-order chi connectivity index (χ0) is 9.97. The molecule has 0 amide bonds. The number of rotatable bonds is 2. The van der Waals surface area contributed by atoms with E-state index < -0.39 is 0 Å². The van der Waals surface area contributed by atoms with E-state index in [4.69, 9.17) is 9.47 Å². The van der Waals surface area contributed by atoms with E-state index in [9.17, 15) is 4.79 Å². The Hall–Kier alpha value is -0.830. The van der Waals surface area contributed by atoms with Crippen LogP contribution in [0.5, 0.6) is 0 Å². The highest BCUT2D eigenvalue weighted by Gasteiger charge is 2.32. The van der Waals surface area contributed by atoms with Crippen LogP contribution < -0.4 is 0 Å². The molecule has 1 fully saturated rings. The van der Waals surface area contributed by atoms with Gasteiger partial charge in [0.1, 0.15) is 6.10 Å². The van der Waals surface area contributed by atoms with Gasteiger partial charge in [0, 0.05) is 12.2 Å². The average molecular weight is 196 g/mol. The monoisotopic (exact) mass is 196 g/mol. The Morgan fingerprint density at radius 1 is 1.50 bits per heavy atom. The van der Waals surface area contributed by atoms with Crippen molar-refractivity contribution in [2.45, 2.75) is 32.3 Å². The molecule has 0 aliphatic carbocycles. The highest BCUT2D eigenvalue weighted by molar-refractivity contribution is 5.99. The molecule has 2 unspecified atom stereocenters.